The van der Waals surface area contributed by atoms with Gasteiger partial charge in [-0.3, -0.25) is 0 Å². The van der Waals surface area contributed by atoms with Crippen molar-refractivity contribution in [3.63, 3.8) is 0 Å². The van der Waals surface area contributed by atoms with E-state index in [-0.39, 0.29) is 11.8 Å². The molecule has 0 bridgehead atoms. The second-order valence-corrected chi connectivity index (χ2v) is 57.7. The molecular formula is C96H80Cl2Zr. The maximum atomic E-state index is 11.9. The fourth-order valence-corrected chi connectivity index (χ4v) is 82.2. The van der Waals surface area contributed by atoms with E-state index in [9.17, 15) is 17.0 Å². The van der Waals surface area contributed by atoms with E-state index in [1.165, 1.54) is 111 Å². The molecule has 8 aliphatic carbocycles. The Morgan fingerprint density at radius 2 is 0.394 bits per heavy atom. The summed E-state index contributed by atoms with van der Waals surface area (Å²) in [6.07, 6.45) is 49.3. The van der Waals surface area contributed by atoms with Crippen molar-refractivity contribution in [3.8, 4) is 0 Å². The van der Waals surface area contributed by atoms with Gasteiger partial charge in [0.25, 0.3) is 0 Å². The molecule has 2 heterocycles. The third-order valence-electron chi connectivity index (χ3n) is 27.4. The summed E-state index contributed by atoms with van der Waals surface area (Å²) in [6, 6.07) is 90.2. The summed E-state index contributed by atoms with van der Waals surface area (Å²) in [5.74, 6) is -0.525. The third kappa shape index (κ3) is 6.47. The second kappa shape index (κ2) is 21.3. The Morgan fingerprint density at radius 1 is 0.232 bits per heavy atom. The number of halogens is 2. The predicted molar refractivity (Wildman–Crippen MR) is 412 cm³/mol. The van der Waals surface area contributed by atoms with Gasteiger partial charge in [-0.25, -0.2) is 0 Å². The SMILES string of the molecule is CC1=CC2=C(C=CC=CC2(c2ccccc2)c2ccccc2)[C]12C(C)[C]1(C(C)=CC3=C1C=CC=CC3(c1ccccc1)c1ccccc1)[Zr]21([Cl])([Cl])[C]2(C(C)=CC3=C2C=CC=CC3(c2ccccc2)c2ccccc2)C(C)[C]12C(C)=CC1=C2C=CC=CC1(c1ccccc1)c1ccccc1. The zero-order valence-electron chi connectivity index (χ0n) is 57.1. The summed E-state index contributed by atoms with van der Waals surface area (Å²) in [5, 5.41) is 0. The standard InChI is InChI=1S/2C48H40.2ClH.Zr/c2*1-34-32-43-41(28-16-18-30-47(43,37-20-8-4-9-21-37)38-22-10-5-11-23-38)45(34)36(3)46-35(2)33-44-42(46)29-17-19-31-48(44,39-24-12-6-13-25-39)40-26-14-7-15-27-40;;;/h2*4-33,36H,1-3H3;2*1H;/q;;;;+2/p-2. The van der Waals surface area contributed by atoms with Crippen LogP contribution in [-0.4, -0.2) is 0 Å². The Balaban J connectivity index is 1.12. The van der Waals surface area contributed by atoms with Crippen LogP contribution in [0.2, 0.25) is 12.5 Å². The van der Waals surface area contributed by atoms with Gasteiger partial charge in [-0.2, -0.15) is 0 Å². The molecule has 4 unspecified atom stereocenters. The molecule has 0 N–H and O–H groups in total. The van der Waals surface area contributed by atoms with Gasteiger partial charge in [0, 0.05) is 0 Å². The molecule has 0 radical (unpaired) electrons. The molecule has 0 aromatic heterocycles. The molecule has 8 aromatic rings. The molecule has 0 nitrogen and oxygen atoms in total. The predicted octanol–water partition coefficient (Wildman–Crippen LogP) is 24.9. The van der Waals surface area contributed by atoms with E-state index in [4.69, 9.17) is 0 Å². The molecule has 18 rings (SSSR count). The van der Waals surface area contributed by atoms with Crippen LogP contribution >= 0.6 is 17.0 Å². The van der Waals surface area contributed by atoms with Crippen LogP contribution in [0, 0.1) is 11.8 Å². The van der Waals surface area contributed by atoms with E-state index in [1.807, 2.05) is 0 Å². The van der Waals surface area contributed by atoms with Crippen molar-refractivity contribution in [3.05, 3.63) is 476 Å². The molecule has 99 heavy (non-hydrogen) atoms. The molecule has 5 spiro atoms. The summed E-state index contributed by atoms with van der Waals surface area (Å²) in [5.41, 5.74) is 21.1. The van der Waals surface area contributed by atoms with Crippen LogP contribution in [0.5, 0.6) is 0 Å². The maximum absolute atomic E-state index is 11.9. The van der Waals surface area contributed by atoms with E-state index in [2.05, 4.69) is 406 Å². The summed E-state index contributed by atoms with van der Waals surface area (Å²) in [4.78, 5) is 0. The summed E-state index contributed by atoms with van der Waals surface area (Å²) < 4.78 is -4.29. The number of allylic oxidation sites excluding steroid dienone is 32. The summed E-state index contributed by atoms with van der Waals surface area (Å²) in [7, 11) is 23.8. The quantitative estimate of drug-likeness (QED) is 0.142. The van der Waals surface area contributed by atoms with Crippen molar-refractivity contribution in [2.24, 2.45) is 11.8 Å². The number of benzene rings is 8. The third-order valence-corrected chi connectivity index (χ3v) is 69.7. The zero-order chi connectivity index (χ0) is 67.5. The second-order valence-electron chi connectivity index (χ2n) is 29.9. The molecule has 3 heteroatoms. The van der Waals surface area contributed by atoms with Crippen LogP contribution in [0.25, 0.3) is 0 Å². The van der Waals surface area contributed by atoms with Crippen molar-refractivity contribution in [2.75, 3.05) is 0 Å². The summed E-state index contributed by atoms with van der Waals surface area (Å²) >= 11 is -8.25. The van der Waals surface area contributed by atoms with E-state index in [0.717, 1.165) is 0 Å². The first kappa shape index (κ1) is 62.3. The Morgan fingerprint density at radius 3 is 0.556 bits per heavy atom. The van der Waals surface area contributed by atoms with Crippen LogP contribution in [0.1, 0.15) is 86.1 Å². The van der Waals surface area contributed by atoms with Gasteiger partial charge < -0.3 is 0 Å². The van der Waals surface area contributed by atoms with E-state index < -0.39 is 49.1 Å². The van der Waals surface area contributed by atoms with Crippen molar-refractivity contribution in [1.29, 1.82) is 0 Å². The van der Waals surface area contributed by atoms with Crippen LogP contribution in [0.15, 0.2) is 431 Å². The van der Waals surface area contributed by atoms with Gasteiger partial charge in [-0.1, -0.05) is 0 Å². The minimum absolute atomic E-state index is 0.262. The van der Waals surface area contributed by atoms with Gasteiger partial charge in [0.2, 0.25) is 0 Å². The first-order chi connectivity index (χ1) is 48.2. The summed E-state index contributed by atoms with van der Waals surface area (Å²) in [6.45, 7) is 15.2. The van der Waals surface area contributed by atoms with E-state index >= 15 is 0 Å². The number of hydrogen-bond donors (Lipinski definition) is 0. The number of fused-ring (bicyclic) bond motifs is 8. The van der Waals surface area contributed by atoms with Crippen molar-refractivity contribution >= 4 is 17.0 Å². The van der Waals surface area contributed by atoms with Gasteiger partial charge in [0.05, 0.1) is 0 Å². The van der Waals surface area contributed by atoms with E-state index in [0.29, 0.717) is 0 Å². The van der Waals surface area contributed by atoms with Crippen LogP contribution in [-0.2, 0) is 36.6 Å². The molecular weight excluding hydrogens is 1320 g/mol. The van der Waals surface area contributed by atoms with Crippen LogP contribution in [0.4, 0.5) is 0 Å². The molecule has 2 fully saturated rings. The molecule has 4 atom stereocenters. The Labute approximate surface area is 590 Å². The number of hydrogen-bond acceptors (Lipinski definition) is 0. The van der Waals surface area contributed by atoms with Crippen LogP contribution in [0.3, 0.4) is 0 Å². The van der Waals surface area contributed by atoms with Gasteiger partial charge in [-0.15, -0.1) is 0 Å². The fourth-order valence-electron chi connectivity index (χ4n) is 25.2. The molecule has 482 valence electrons. The first-order valence-electron chi connectivity index (χ1n) is 35.6. The number of rotatable bonds is 8. The van der Waals surface area contributed by atoms with Gasteiger partial charge in [0.15, 0.2) is 0 Å². The fraction of sp³-hybridized carbons (Fsp3) is 0.167. The topological polar surface area (TPSA) is 0 Å². The molecule has 0 saturated carbocycles. The normalized spacial score (nSPS) is 29.3. The van der Waals surface area contributed by atoms with Crippen molar-refractivity contribution in [2.45, 2.75) is 75.7 Å². The van der Waals surface area contributed by atoms with Crippen LogP contribution < -0.4 is 0 Å². The Bertz CT molecular complexity index is 4480. The van der Waals surface area contributed by atoms with Crippen molar-refractivity contribution in [1.82, 2.24) is 0 Å². The molecule has 2 aliphatic heterocycles. The Hall–Kier alpha value is -8.94. The molecule has 10 aliphatic rings. The average Bonchev–Trinajstić information content (AvgIpc) is 1.51. The minimum atomic E-state index is -8.25. The average molecular weight is 1400 g/mol. The molecule has 8 aromatic carbocycles. The molecule has 2 saturated heterocycles. The van der Waals surface area contributed by atoms with Gasteiger partial charge in [-0.05, 0) is 0 Å². The van der Waals surface area contributed by atoms with Gasteiger partial charge >= 0.3 is 595 Å². The van der Waals surface area contributed by atoms with E-state index in [1.54, 1.807) is 0 Å². The molecule has 0 amide bonds. The first-order valence-corrected chi connectivity index (χ1v) is 46.8. The zero-order valence-corrected chi connectivity index (χ0v) is 61.0. The Kier molecular flexibility index (Phi) is 13.4. The van der Waals surface area contributed by atoms with Gasteiger partial charge in [0.1, 0.15) is 0 Å². The van der Waals surface area contributed by atoms with Crippen molar-refractivity contribution < 1.29 is 14.9 Å². The monoisotopic (exact) mass is 1390 g/mol.